The van der Waals surface area contributed by atoms with Gasteiger partial charge in [0.25, 0.3) is 0 Å². The van der Waals surface area contributed by atoms with Crippen molar-refractivity contribution >= 4 is 34.8 Å². The fourth-order valence-electron chi connectivity index (χ4n) is 2.91. The van der Waals surface area contributed by atoms with Crippen molar-refractivity contribution in [2.24, 2.45) is 5.92 Å². The summed E-state index contributed by atoms with van der Waals surface area (Å²) in [4.78, 5) is 29.0. The van der Waals surface area contributed by atoms with Crippen molar-refractivity contribution in [2.75, 3.05) is 0 Å². The molecular formula is C24H15Cl2F3N2O4. The molecule has 0 spiro atoms. The van der Waals surface area contributed by atoms with E-state index in [1.54, 1.807) is 6.07 Å². The second-order valence-corrected chi connectivity index (χ2v) is 8.01. The molecule has 0 aliphatic carbocycles. The van der Waals surface area contributed by atoms with Crippen LogP contribution in [0.15, 0.2) is 60.8 Å². The van der Waals surface area contributed by atoms with Gasteiger partial charge in [0.05, 0.1) is 16.7 Å². The smallest absolute Gasteiger partial charge is 0.417 e. The van der Waals surface area contributed by atoms with Gasteiger partial charge in [0.2, 0.25) is 5.88 Å². The highest BCUT2D eigenvalue weighted by molar-refractivity contribution is 6.37. The summed E-state index contributed by atoms with van der Waals surface area (Å²) in [6.45, 7) is 1.39. The van der Waals surface area contributed by atoms with Gasteiger partial charge in [0, 0.05) is 22.8 Å². The Morgan fingerprint density at radius 3 is 2.23 bits per heavy atom. The lowest BCUT2D eigenvalue weighted by Gasteiger charge is -2.17. The van der Waals surface area contributed by atoms with E-state index in [0.717, 1.165) is 12.1 Å². The quantitative estimate of drug-likeness (QED) is 0.246. The van der Waals surface area contributed by atoms with Crippen LogP contribution in [0.25, 0.3) is 0 Å². The average molecular weight is 523 g/mol. The van der Waals surface area contributed by atoms with Crippen LogP contribution in [0.3, 0.4) is 0 Å². The van der Waals surface area contributed by atoms with Gasteiger partial charge >= 0.3 is 6.18 Å². The molecule has 0 fully saturated rings. The summed E-state index contributed by atoms with van der Waals surface area (Å²) in [7, 11) is 0. The maximum Gasteiger partial charge on any atom is 0.417 e. The average Bonchev–Trinajstić information content (AvgIpc) is 2.80. The number of benzene rings is 2. The highest BCUT2D eigenvalue weighted by Gasteiger charge is 2.33. The third kappa shape index (κ3) is 6.50. The van der Waals surface area contributed by atoms with Crippen molar-refractivity contribution in [1.82, 2.24) is 4.98 Å². The minimum absolute atomic E-state index is 0.0125. The molecule has 0 aliphatic rings. The van der Waals surface area contributed by atoms with E-state index >= 15 is 0 Å². The number of hydrogen-bond donors (Lipinski definition) is 0. The van der Waals surface area contributed by atoms with Gasteiger partial charge in [-0.1, -0.05) is 23.2 Å². The molecule has 0 bridgehead atoms. The molecular weight excluding hydrogens is 508 g/mol. The van der Waals surface area contributed by atoms with Crippen LogP contribution < -0.4 is 9.47 Å². The number of ketones is 2. The van der Waals surface area contributed by atoms with E-state index in [-0.39, 0.29) is 28.0 Å². The summed E-state index contributed by atoms with van der Waals surface area (Å²) in [6.07, 6.45) is -5.00. The van der Waals surface area contributed by atoms with Crippen molar-refractivity contribution in [2.45, 2.75) is 19.2 Å². The first kappa shape index (κ1) is 26.0. The Morgan fingerprint density at radius 1 is 1.03 bits per heavy atom. The minimum Gasteiger partial charge on any atom is -0.483 e. The van der Waals surface area contributed by atoms with E-state index in [1.807, 2.05) is 0 Å². The first-order valence-electron chi connectivity index (χ1n) is 9.90. The number of carbonyl (C=O) groups excluding carboxylic acids is 2. The minimum atomic E-state index is -4.51. The predicted octanol–water partition coefficient (Wildman–Crippen LogP) is 6.56. The SMILES string of the molecule is CC(Oc1ccc(Oc2ccc(C(F)(F)F)cn2)cc1)C(=O)C(C#N)C(=O)c1ccc(Cl)cc1Cl. The lowest BCUT2D eigenvalue weighted by Crippen LogP contribution is -2.34. The number of carbonyl (C=O) groups is 2. The predicted molar refractivity (Wildman–Crippen MR) is 121 cm³/mol. The molecule has 1 heterocycles. The van der Waals surface area contributed by atoms with Crippen LogP contribution in [0.5, 0.6) is 17.4 Å². The third-order valence-electron chi connectivity index (χ3n) is 4.70. The highest BCUT2D eigenvalue weighted by Crippen LogP contribution is 2.30. The summed E-state index contributed by atoms with van der Waals surface area (Å²) >= 11 is 11.8. The molecule has 0 aliphatic heterocycles. The molecule has 2 atom stereocenters. The third-order valence-corrected chi connectivity index (χ3v) is 5.24. The zero-order chi connectivity index (χ0) is 25.8. The number of hydrogen-bond acceptors (Lipinski definition) is 6. The number of pyridine rings is 1. The fourth-order valence-corrected chi connectivity index (χ4v) is 3.41. The standard InChI is InChI=1S/C24H15Cl2F3N2O4/c1-13(22(32)19(11-30)23(33)18-8-3-15(25)10-20(18)26)34-16-4-6-17(7-5-16)35-21-9-2-14(12-31-21)24(27,28)29/h2-10,12-13,19H,1H3. The molecule has 180 valence electrons. The molecule has 3 aromatic rings. The van der Waals surface area contributed by atoms with Crippen LogP contribution in [0.1, 0.15) is 22.8 Å². The summed E-state index contributed by atoms with van der Waals surface area (Å²) in [5.74, 6) is -2.75. The molecule has 11 heteroatoms. The topological polar surface area (TPSA) is 89.3 Å². The molecule has 2 aromatic carbocycles. The molecule has 3 rings (SSSR count). The number of nitriles is 1. The second kappa shape index (κ2) is 10.8. The summed E-state index contributed by atoms with van der Waals surface area (Å²) < 4.78 is 48.8. The van der Waals surface area contributed by atoms with Crippen molar-refractivity contribution in [3.8, 4) is 23.4 Å². The Hall–Kier alpha value is -3.61. The van der Waals surface area contributed by atoms with E-state index < -0.39 is 35.3 Å². The van der Waals surface area contributed by atoms with Gasteiger partial charge in [-0.05, 0) is 55.5 Å². The van der Waals surface area contributed by atoms with Gasteiger partial charge in [-0.15, -0.1) is 0 Å². The Labute approximate surface area is 207 Å². The lowest BCUT2D eigenvalue weighted by atomic mass is 9.92. The molecule has 0 amide bonds. The Kier molecular flexibility index (Phi) is 7.99. The first-order chi connectivity index (χ1) is 16.5. The number of ether oxygens (including phenoxy) is 2. The van der Waals surface area contributed by atoms with E-state index in [4.69, 9.17) is 32.7 Å². The van der Waals surface area contributed by atoms with E-state index in [9.17, 15) is 28.0 Å². The van der Waals surface area contributed by atoms with Crippen molar-refractivity contribution in [3.63, 3.8) is 0 Å². The van der Waals surface area contributed by atoms with Crippen LogP contribution >= 0.6 is 23.2 Å². The molecule has 0 N–H and O–H groups in total. The van der Waals surface area contributed by atoms with Crippen LogP contribution in [0.2, 0.25) is 10.0 Å². The van der Waals surface area contributed by atoms with Crippen molar-refractivity contribution < 1.29 is 32.2 Å². The Balaban J connectivity index is 1.64. The maximum absolute atomic E-state index is 12.7. The second-order valence-electron chi connectivity index (χ2n) is 7.17. The molecule has 1 aromatic heterocycles. The lowest BCUT2D eigenvalue weighted by molar-refractivity contribution is -0.137. The van der Waals surface area contributed by atoms with Gasteiger partial charge in [0.1, 0.15) is 11.5 Å². The Bertz CT molecular complexity index is 1270. The van der Waals surface area contributed by atoms with E-state index in [0.29, 0.717) is 11.2 Å². The Morgan fingerprint density at radius 2 is 1.69 bits per heavy atom. The number of Topliss-reactive ketones (excluding diaryl/α,β-unsaturated/α-hetero) is 2. The number of aromatic nitrogens is 1. The van der Waals surface area contributed by atoms with E-state index in [1.165, 1.54) is 49.4 Å². The molecule has 35 heavy (non-hydrogen) atoms. The summed E-state index contributed by atoms with van der Waals surface area (Å²) in [6, 6.07) is 13.5. The number of halogens is 5. The van der Waals surface area contributed by atoms with Crippen molar-refractivity contribution in [1.29, 1.82) is 5.26 Å². The van der Waals surface area contributed by atoms with Gasteiger partial charge < -0.3 is 9.47 Å². The maximum atomic E-state index is 12.7. The largest absolute Gasteiger partial charge is 0.483 e. The zero-order valence-electron chi connectivity index (χ0n) is 17.8. The highest BCUT2D eigenvalue weighted by atomic mass is 35.5. The first-order valence-corrected chi connectivity index (χ1v) is 10.7. The van der Waals surface area contributed by atoms with Crippen LogP contribution in [-0.4, -0.2) is 22.7 Å². The van der Waals surface area contributed by atoms with Crippen LogP contribution in [-0.2, 0) is 11.0 Å². The monoisotopic (exact) mass is 522 g/mol. The molecule has 6 nitrogen and oxygen atoms in total. The number of nitrogens with zero attached hydrogens (tertiary/aromatic N) is 2. The number of alkyl halides is 3. The van der Waals surface area contributed by atoms with Gasteiger partial charge in [-0.25, -0.2) is 4.98 Å². The summed E-state index contributed by atoms with van der Waals surface area (Å²) in [5.41, 5.74) is -0.915. The van der Waals surface area contributed by atoms with Crippen LogP contribution in [0, 0.1) is 17.2 Å². The van der Waals surface area contributed by atoms with Gasteiger partial charge in [0.15, 0.2) is 23.6 Å². The molecule has 0 saturated heterocycles. The number of rotatable bonds is 8. The zero-order valence-corrected chi connectivity index (χ0v) is 19.4. The van der Waals surface area contributed by atoms with E-state index in [2.05, 4.69) is 4.98 Å². The van der Waals surface area contributed by atoms with Gasteiger partial charge in [-0.3, -0.25) is 9.59 Å². The molecule has 0 radical (unpaired) electrons. The van der Waals surface area contributed by atoms with Crippen molar-refractivity contribution in [3.05, 3.63) is 82.0 Å². The normalized spacial score (nSPS) is 12.8. The van der Waals surface area contributed by atoms with Gasteiger partial charge in [-0.2, -0.15) is 18.4 Å². The molecule has 0 saturated carbocycles. The summed E-state index contributed by atoms with van der Waals surface area (Å²) in [5, 5.41) is 9.74. The fraction of sp³-hybridized carbons (Fsp3) is 0.167. The molecule has 2 unspecified atom stereocenters. The van der Waals surface area contributed by atoms with Crippen LogP contribution in [0.4, 0.5) is 13.2 Å².